The van der Waals surface area contributed by atoms with Crippen molar-refractivity contribution in [1.29, 1.82) is 0 Å². The van der Waals surface area contributed by atoms with Crippen molar-refractivity contribution in [3.8, 4) is 0 Å². The quantitative estimate of drug-likeness (QED) is 0.428. The van der Waals surface area contributed by atoms with Crippen molar-refractivity contribution in [3.05, 3.63) is 0 Å². The Morgan fingerprint density at radius 1 is 1.32 bits per heavy atom. The van der Waals surface area contributed by atoms with Crippen molar-refractivity contribution in [3.63, 3.8) is 0 Å². The highest BCUT2D eigenvalue weighted by Crippen LogP contribution is 2.52. The van der Waals surface area contributed by atoms with Gasteiger partial charge in [0.15, 0.2) is 5.96 Å². The van der Waals surface area contributed by atoms with Gasteiger partial charge in [-0.05, 0) is 31.6 Å². The van der Waals surface area contributed by atoms with E-state index in [-0.39, 0.29) is 5.41 Å². The third-order valence-corrected chi connectivity index (χ3v) is 5.42. The standard InChI is InChI=1S/C17H31N3O2/c1-17(2)14(13-7-10-22-15(13)17)20-16(18-3)19-8-4-9-21-11-12-5-6-12/h12-15H,4-11H2,1-3H3,(H2,18,19,20). The van der Waals surface area contributed by atoms with E-state index in [0.717, 1.165) is 51.1 Å². The Labute approximate surface area is 134 Å². The first-order chi connectivity index (χ1) is 10.6. The molecular weight excluding hydrogens is 278 g/mol. The molecule has 0 aromatic rings. The lowest BCUT2D eigenvalue weighted by molar-refractivity contribution is -0.106. The molecule has 5 heteroatoms. The second-order valence-electron chi connectivity index (χ2n) is 7.56. The summed E-state index contributed by atoms with van der Waals surface area (Å²) < 4.78 is 11.5. The third kappa shape index (κ3) is 3.40. The zero-order valence-corrected chi connectivity index (χ0v) is 14.2. The van der Waals surface area contributed by atoms with Gasteiger partial charge in [0.05, 0.1) is 6.10 Å². The summed E-state index contributed by atoms with van der Waals surface area (Å²) in [6.45, 7) is 8.18. The molecule has 5 nitrogen and oxygen atoms in total. The minimum absolute atomic E-state index is 0.187. The third-order valence-electron chi connectivity index (χ3n) is 5.42. The summed E-state index contributed by atoms with van der Waals surface area (Å²) in [7, 11) is 1.84. The number of nitrogens with zero attached hydrogens (tertiary/aromatic N) is 1. The van der Waals surface area contributed by atoms with Crippen LogP contribution in [0.4, 0.5) is 0 Å². The fraction of sp³-hybridized carbons (Fsp3) is 0.941. The van der Waals surface area contributed by atoms with Crippen LogP contribution >= 0.6 is 0 Å². The molecule has 3 unspecified atom stereocenters. The van der Waals surface area contributed by atoms with Crippen LogP contribution in [0.25, 0.3) is 0 Å². The van der Waals surface area contributed by atoms with Crippen LogP contribution < -0.4 is 10.6 Å². The van der Waals surface area contributed by atoms with Gasteiger partial charge in [0.2, 0.25) is 0 Å². The summed E-state index contributed by atoms with van der Waals surface area (Å²) in [5.74, 6) is 2.39. The molecular formula is C17H31N3O2. The van der Waals surface area contributed by atoms with Crippen LogP contribution in [0.3, 0.4) is 0 Å². The van der Waals surface area contributed by atoms with Crippen molar-refractivity contribution in [1.82, 2.24) is 10.6 Å². The highest BCUT2D eigenvalue weighted by molar-refractivity contribution is 5.80. The molecule has 0 spiro atoms. The lowest BCUT2D eigenvalue weighted by Crippen LogP contribution is -2.68. The Kier molecular flexibility index (Phi) is 4.93. The molecule has 2 saturated carbocycles. The van der Waals surface area contributed by atoms with E-state index in [2.05, 4.69) is 29.5 Å². The first-order valence-electron chi connectivity index (χ1n) is 8.79. The van der Waals surface area contributed by atoms with E-state index in [1.54, 1.807) is 0 Å². The van der Waals surface area contributed by atoms with E-state index in [9.17, 15) is 0 Å². The second-order valence-corrected chi connectivity index (χ2v) is 7.56. The molecule has 126 valence electrons. The zero-order valence-electron chi connectivity index (χ0n) is 14.2. The SMILES string of the molecule is CN=C(NCCCOCC1CC1)NC1C2CCOC2C1(C)C. The van der Waals surface area contributed by atoms with Crippen LogP contribution in [0.15, 0.2) is 4.99 Å². The van der Waals surface area contributed by atoms with Gasteiger partial charge in [0, 0.05) is 50.8 Å². The minimum Gasteiger partial charge on any atom is -0.381 e. The lowest BCUT2D eigenvalue weighted by atomic mass is 9.57. The van der Waals surface area contributed by atoms with Gasteiger partial charge in [-0.3, -0.25) is 4.99 Å². The van der Waals surface area contributed by atoms with Gasteiger partial charge >= 0.3 is 0 Å². The molecule has 0 amide bonds. The largest absolute Gasteiger partial charge is 0.381 e. The van der Waals surface area contributed by atoms with Gasteiger partial charge in [0.25, 0.3) is 0 Å². The highest BCUT2D eigenvalue weighted by atomic mass is 16.5. The van der Waals surface area contributed by atoms with Crippen LogP contribution in [0.2, 0.25) is 0 Å². The topological polar surface area (TPSA) is 54.9 Å². The minimum atomic E-state index is 0.187. The molecule has 3 atom stereocenters. The molecule has 0 radical (unpaired) electrons. The van der Waals surface area contributed by atoms with Gasteiger partial charge in [-0.2, -0.15) is 0 Å². The van der Waals surface area contributed by atoms with Gasteiger partial charge in [-0.1, -0.05) is 13.8 Å². The molecule has 1 saturated heterocycles. The van der Waals surface area contributed by atoms with Crippen molar-refractivity contribution >= 4 is 5.96 Å². The monoisotopic (exact) mass is 309 g/mol. The number of guanidine groups is 1. The van der Waals surface area contributed by atoms with E-state index in [1.807, 2.05) is 7.05 Å². The molecule has 2 N–H and O–H groups in total. The maximum Gasteiger partial charge on any atom is 0.191 e. The predicted octanol–water partition coefficient (Wildman–Crippen LogP) is 1.78. The van der Waals surface area contributed by atoms with Crippen LogP contribution in [-0.2, 0) is 9.47 Å². The van der Waals surface area contributed by atoms with Crippen molar-refractivity contribution in [2.45, 2.75) is 51.7 Å². The average Bonchev–Trinajstić information content (AvgIpc) is 3.21. The molecule has 0 aromatic carbocycles. The van der Waals surface area contributed by atoms with E-state index >= 15 is 0 Å². The van der Waals surface area contributed by atoms with E-state index in [0.29, 0.717) is 18.1 Å². The van der Waals surface area contributed by atoms with Crippen molar-refractivity contribution in [2.24, 2.45) is 22.2 Å². The van der Waals surface area contributed by atoms with Gasteiger partial charge < -0.3 is 20.1 Å². The van der Waals surface area contributed by atoms with Gasteiger partial charge in [0.1, 0.15) is 0 Å². The smallest absolute Gasteiger partial charge is 0.191 e. The summed E-state index contributed by atoms with van der Waals surface area (Å²) >= 11 is 0. The first-order valence-corrected chi connectivity index (χ1v) is 8.79. The molecule has 22 heavy (non-hydrogen) atoms. The Bertz CT molecular complexity index is 407. The number of hydrogen-bond acceptors (Lipinski definition) is 3. The molecule has 1 heterocycles. The maximum atomic E-state index is 5.85. The number of fused-ring (bicyclic) bond motifs is 1. The zero-order chi connectivity index (χ0) is 15.6. The number of ether oxygens (including phenoxy) is 2. The summed E-state index contributed by atoms with van der Waals surface area (Å²) in [5.41, 5.74) is 0.187. The Hall–Kier alpha value is -0.810. The summed E-state index contributed by atoms with van der Waals surface area (Å²) in [5, 5.41) is 7.01. The van der Waals surface area contributed by atoms with Crippen LogP contribution in [0.1, 0.15) is 39.5 Å². The van der Waals surface area contributed by atoms with Crippen LogP contribution in [0.5, 0.6) is 0 Å². The number of aliphatic imine (C=N–C) groups is 1. The van der Waals surface area contributed by atoms with Crippen molar-refractivity contribution < 1.29 is 9.47 Å². The summed E-state index contributed by atoms with van der Waals surface area (Å²) in [6, 6.07) is 0.456. The number of nitrogens with one attached hydrogen (secondary N) is 2. The highest BCUT2D eigenvalue weighted by Gasteiger charge is 2.59. The Morgan fingerprint density at radius 3 is 2.86 bits per heavy atom. The Balaban J connectivity index is 1.35. The second kappa shape index (κ2) is 6.75. The van der Waals surface area contributed by atoms with E-state index in [4.69, 9.17) is 9.47 Å². The van der Waals surface area contributed by atoms with Crippen LogP contribution in [0, 0.1) is 17.3 Å². The van der Waals surface area contributed by atoms with Crippen LogP contribution in [-0.4, -0.2) is 51.5 Å². The molecule has 0 aromatic heterocycles. The fourth-order valence-electron chi connectivity index (χ4n) is 3.87. The average molecular weight is 309 g/mol. The molecule has 0 bridgehead atoms. The first kappa shape index (κ1) is 16.1. The molecule has 2 aliphatic carbocycles. The summed E-state index contributed by atoms with van der Waals surface area (Å²) in [4.78, 5) is 4.36. The Morgan fingerprint density at radius 2 is 2.14 bits per heavy atom. The number of hydrogen-bond donors (Lipinski definition) is 2. The van der Waals surface area contributed by atoms with Gasteiger partial charge in [-0.25, -0.2) is 0 Å². The van der Waals surface area contributed by atoms with E-state index < -0.39 is 0 Å². The predicted molar refractivity (Wildman–Crippen MR) is 88.1 cm³/mol. The van der Waals surface area contributed by atoms with E-state index in [1.165, 1.54) is 12.8 Å². The molecule has 1 aliphatic heterocycles. The molecule has 3 aliphatic rings. The van der Waals surface area contributed by atoms with Gasteiger partial charge in [-0.15, -0.1) is 0 Å². The van der Waals surface area contributed by atoms with Crippen molar-refractivity contribution in [2.75, 3.05) is 33.4 Å². The lowest BCUT2D eigenvalue weighted by Gasteiger charge is -2.54. The summed E-state index contributed by atoms with van der Waals surface area (Å²) in [6.07, 6.45) is 5.32. The molecule has 3 fully saturated rings. The number of rotatable bonds is 7. The maximum absolute atomic E-state index is 5.85. The normalized spacial score (nSPS) is 33.2. The fourth-order valence-corrected chi connectivity index (χ4v) is 3.87. The molecule has 3 rings (SSSR count).